The summed E-state index contributed by atoms with van der Waals surface area (Å²) in [7, 11) is -3.83. The second-order valence-corrected chi connectivity index (χ2v) is 8.85. The Hall–Kier alpha value is -2.78. The molecule has 2 aromatic rings. The fourth-order valence-corrected chi connectivity index (χ4v) is 4.87. The molecular formula is C21H23FN2O5S. The van der Waals surface area contributed by atoms with Gasteiger partial charge in [0.2, 0.25) is 15.9 Å². The lowest BCUT2D eigenvalue weighted by Gasteiger charge is -2.31. The van der Waals surface area contributed by atoms with Crippen molar-refractivity contribution in [3.63, 3.8) is 0 Å². The predicted molar refractivity (Wildman–Crippen MR) is 109 cm³/mol. The summed E-state index contributed by atoms with van der Waals surface area (Å²) in [5, 5.41) is 2.73. The maximum atomic E-state index is 13.1. The summed E-state index contributed by atoms with van der Waals surface area (Å²) in [6, 6.07) is 11.1. The average molecular weight is 434 g/mol. The molecule has 0 saturated carbocycles. The molecule has 1 atom stereocenters. The topological polar surface area (TPSA) is 92.8 Å². The van der Waals surface area contributed by atoms with Gasteiger partial charge in [0.1, 0.15) is 5.82 Å². The summed E-state index contributed by atoms with van der Waals surface area (Å²) in [4.78, 5) is 24.9. The molecule has 0 spiro atoms. The normalized spacial score (nSPS) is 17.3. The Kier molecular flexibility index (Phi) is 6.84. The van der Waals surface area contributed by atoms with E-state index in [9.17, 15) is 22.4 Å². The number of amides is 1. The first kappa shape index (κ1) is 21.9. The van der Waals surface area contributed by atoms with Gasteiger partial charge in [-0.15, -0.1) is 0 Å². The highest BCUT2D eigenvalue weighted by Crippen LogP contribution is 2.26. The van der Waals surface area contributed by atoms with Crippen LogP contribution in [0.5, 0.6) is 0 Å². The monoisotopic (exact) mass is 434 g/mol. The summed E-state index contributed by atoms with van der Waals surface area (Å²) in [5.74, 6) is -2.02. The standard InChI is InChI=1S/C21H23FN2O5S/c1-2-29-21(26)18-7-3-4-8-19(18)23-20(25)15-6-5-13-24(14-15)30(27,28)17-11-9-16(22)10-12-17/h3-4,7-12,15H,2,5-6,13-14H2,1H3,(H,23,25). The van der Waals surface area contributed by atoms with E-state index in [0.29, 0.717) is 18.5 Å². The van der Waals surface area contributed by atoms with E-state index in [2.05, 4.69) is 5.32 Å². The van der Waals surface area contributed by atoms with E-state index in [1.165, 1.54) is 16.4 Å². The molecule has 160 valence electrons. The van der Waals surface area contributed by atoms with E-state index in [0.717, 1.165) is 12.1 Å². The maximum Gasteiger partial charge on any atom is 0.340 e. The average Bonchev–Trinajstić information content (AvgIpc) is 2.74. The van der Waals surface area contributed by atoms with Crippen molar-refractivity contribution >= 4 is 27.6 Å². The van der Waals surface area contributed by atoms with Crippen molar-refractivity contribution in [3.05, 3.63) is 59.9 Å². The molecular weight excluding hydrogens is 411 g/mol. The van der Waals surface area contributed by atoms with Crippen molar-refractivity contribution in [2.45, 2.75) is 24.7 Å². The van der Waals surface area contributed by atoms with Crippen molar-refractivity contribution < 1.29 is 27.1 Å². The molecule has 1 heterocycles. The number of esters is 1. The number of piperidine rings is 1. The van der Waals surface area contributed by atoms with Crippen LogP contribution in [0.2, 0.25) is 0 Å². The third-order valence-corrected chi connectivity index (χ3v) is 6.77. The Balaban J connectivity index is 1.74. The van der Waals surface area contributed by atoms with Crippen molar-refractivity contribution in [2.24, 2.45) is 5.92 Å². The third-order valence-electron chi connectivity index (χ3n) is 4.89. The van der Waals surface area contributed by atoms with E-state index in [4.69, 9.17) is 4.74 Å². The van der Waals surface area contributed by atoms with Gasteiger partial charge in [-0.2, -0.15) is 4.31 Å². The number of carbonyl (C=O) groups is 2. The molecule has 0 bridgehead atoms. The minimum atomic E-state index is -3.83. The van der Waals surface area contributed by atoms with E-state index < -0.39 is 27.7 Å². The van der Waals surface area contributed by atoms with Crippen LogP contribution in [-0.4, -0.2) is 44.3 Å². The highest BCUT2D eigenvalue weighted by Gasteiger charge is 2.33. The largest absolute Gasteiger partial charge is 0.462 e. The Morgan fingerprint density at radius 3 is 2.57 bits per heavy atom. The van der Waals surface area contributed by atoms with Gasteiger partial charge in [-0.3, -0.25) is 4.79 Å². The molecule has 1 saturated heterocycles. The lowest BCUT2D eigenvalue weighted by atomic mass is 9.98. The van der Waals surface area contributed by atoms with Gasteiger partial charge in [-0.25, -0.2) is 17.6 Å². The number of para-hydroxylation sites is 1. The maximum absolute atomic E-state index is 13.1. The number of carbonyl (C=O) groups excluding carboxylic acids is 2. The van der Waals surface area contributed by atoms with Crippen LogP contribution in [0, 0.1) is 11.7 Å². The van der Waals surface area contributed by atoms with Crippen LogP contribution >= 0.6 is 0 Å². The Morgan fingerprint density at radius 2 is 1.87 bits per heavy atom. The number of nitrogens with zero attached hydrogens (tertiary/aromatic N) is 1. The minimum Gasteiger partial charge on any atom is -0.462 e. The van der Waals surface area contributed by atoms with Crippen LogP contribution in [0.15, 0.2) is 53.4 Å². The van der Waals surface area contributed by atoms with Crippen LogP contribution < -0.4 is 5.32 Å². The molecule has 1 amide bonds. The van der Waals surface area contributed by atoms with E-state index in [1.807, 2.05) is 0 Å². The van der Waals surface area contributed by atoms with Gasteiger partial charge in [-0.1, -0.05) is 12.1 Å². The summed E-state index contributed by atoms with van der Waals surface area (Å²) >= 11 is 0. The molecule has 0 radical (unpaired) electrons. The number of nitrogens with one attached hydrogen (secondary N) is 1. The second-order valence-electron chi connectivity index (χ2n) is 6.91. The molecule has 1 unspecified atom stereocenters. The molecule has 0 aliphatic carbocycles. The van der Waals surface area contributed by atoms with Gasteiger partial charge in [0.15, 0.2) is 0 Å². The highest BCUT2D eigenvalue weighted by molar-refractivity contribution is 7.89. The first-order chi connectivity index (χ1) is 14.3. The number of anilines is 1. The van der Waals surface area contributed by atoms with Crippen LogP contribution in [0.25, 0.3) is 0 Å². The number of halogens is 1. The minimum absolute atomic E-state index is 0.00706. The predicted octanol–water partition coefficient (Wildman–Crippen LogP) is 3.04. The number of hydrogen-bond donors (Lipinski definition) is 1. The Bertz CT molecular complexity index is 1020. The third kappa shape index (κ3) is 4.85. The van der Waals surface area contributed by atoms with Crippen LogP contribution in [0.1, 0.15) is 30.1 Å². The Labute approximate surface area is 174 Å². The van der Waals surface area contributed by atoms with Crippen LogP contribution in [-0.2, 0) is 19.6 Å². The van der Waals surface area contributed by atoms with E-state index >= 15 is 0 Å². The van der Waals surface area contributed by atoms with Gasteiger partial charge < -0.3 is 10.1 Å². The van der Waals surface area contributed by atoms with E-state index in [1.54, 1.807) is 31.2 Å². The molecule has 1 aliphatic rings. The van der Waals surface area contributed by atoms with E-state index in [-0.39, 0.29) is 36.1 Å². The zero-order valence-electron chi connectivity index (χ0n) is 16.5. The first-order valence-corrected chi connectivity index (χ1v) is 11.1. The lowest BCUT2D eigenvalue weighted by molar-refractivity contribution is -0.120. The van der Waals surface area contributed by atoms with Crippen molar-refractivity contribution in [2.75, 3.05) is 25.0 Å². The SMILES string of the molecule is CCOC(=O)c1ccccc1NC(=O)C1CCCN(S(=O)(=O)c2ccc(F)cc2)C1. The zero-order valence-corrected chi connectivity index (χ0v) is 17.3. The number of sulfonamides is 1. The molecule has 0 aromatic heterocycles. The quantitative estimate of drug-likeness (QED) is 0.706. The zero-order chi connectivity index (χ0) is 21.7. The Morgan fingerprint density at radius 1 is 1.17 bits per heavy atom. The number of benzene rings is 2. The lowest BCUT2D eigenvalue weighted by Crippen LogP contribution is -2.43. The molecule has 9 heteroatoms. The van der Waals surface area contributed by atoms with Crippen molar-refractivity contribution in [3.8, 4) is 0 Å². The fourth-order valence-electron chi connectivity index (χ4n) is 3.34. The fraction of sp³-hybridized carbons (Fsp3) is 0.333. The smallest absolute Gasteiger partial charge is 0.340 e. The molecule has 3 rings (SSSR count). The molecule has 1 fully saturated rings. The number of hydrogen-bond acceptors (Lipinski definition) is 5. The van der Waals surface area contributed by atoms with Gasteiger partial charge >= 0.3 is 5.97 Å². The molecule has 2 aromatic carbocycles. The van der Waals surface area contributed by atoms with Gasteiger partial charge in [0, 0.05) is 13.1 Å². The summed E-state index contributed by atoms with van der Waals surface area (Å²) in [5.41, 5.74) is 0.554. The van der Waals surface area contributed by atoms with Gasteiger partial charge in [0.05, 0.1) is 28.7 Å². The van der Waals surface area contributed by atoms with Crippen LogP contribution in [0.3, 0.4) is 0 Å². The van der Waals surface area contributed by atoms with Crippen molar-refractivity contribution in [1.29, 1.82) is 0 Å². The van der Waals surface area contributed by atoms with Gasteiger partial charge in [0.25, 0.3) is 0 Å². The molecule has 7 nitrogen and oxygen atoms in total. The summed E-state index contributed by atoms with van der Waals surface area (Å²) < 4.78 is 45.1. The van der Waals surface area contributed by atoms with Crippen molar-refractivity contribution in [1.82, 2.24) is 4.31 Å². The van der Waals surface area contributed by atoms with Gasteiger partial charge in [-0.05, 0) is 56.2 Å². The molecule has 30 heavy (non-hydrogen) atoms. The first-order valence-electron chi connectivity index (χ1n) is 9.65. The summed E-state index contributed by atoms with van der Waals surface area (Å²) in [6.45, 7) is 2.19. The highest BCUT2D eigenvalue weighted by atomic mass is 32.2. The molecule has 1 N–H and O–H groups in total. The molecule has 1 aliphatic heterocycles. The van der Waals surface area contributed by atoms with Crippen LogP contribution in [0.4, 0.5) is 10.1 Å². The number of rotatable bonds is 6. The summed E-state index contributed by atoms with van der Waals surface area (Å²) in [6.07, 6.45) is 1.03. The second kappa shape index (κ2) is 9.36. The number of ether oxygens (including phenoxy) is 1.